The summed E-state index contributed by atoms with van der Waals surface area (Å²) in [4.78, 5) is 0. The average Bonchev–Trinajstić information content (AvgIpc) is 2.25. The van der Waals surface area contributed by atoms with Crippen LogP contribution in [0.25, 0.3) is 0 Å². The van der Waals surface area contributed by atoms with E-state index in [2.05, 4.69) is 29.8 Å². The number of rotatable bonds is 11. The minimum Gasteiger partial charge on any atom is -0.317 e. The SMILES string of the molecule is CCCNC(N)CCNCCCNCC. The second-order valence-electron chi connectivity index (χ2n) is 3.81. The van der Waals surface area contributed by atoms with Crippen molar-refractivity contribution in [2.45, 2.75) is 39.3 Å². The Morgan fingerprint density at radius 2 is 1.73 bits per heavy atom. The van der Waals surface area contributed by atoms with Crippen LogP contribution in [0.4, 0.5) is 0 Å². The minimum absolute atomic E-state index is 0.145. The number of nitrogens with one attached hydrogen (secondary N) is 3. The van der Waals surface area contributed by atoms with E-state index in [1.54, 1.807) is 0 Å². The van der Waals surface area contributed by atoms with Gasteiger partial charge in [0, 0.05) is 0 Å². The van der Waals surface area contributed by atoms with Gasteiger partial charge in [-0.15, -0.1) is 0 Å². The van der Waals surface area contributed by atoms with E-state index in [4.69, 9.17) is 5.73 Å². The van der Waals surface area contributed by atoms with E-state index in [-0.39, 0.29) is 6.17 Å². The molecule has 5 N–H and O–H groups in total. The fraction of sp³-hybridized carbons (Fsp3) is 1.00. The van der Waals surface area contributed by atoms with Crippen LogP contribution in [0.15, 0.2) is 0 Å². The lowest BCUT2D eigenvalue weighted by Crippen LogP contribution is -2.40. The van der Waals surface area contributed by atoms with Crippen LogP contribution in [0.1, 0.15) is 33.1 Å². The Kier molecular flexibility index (Phi) is 11.8. The van der Waals surface area contributed by atoms with Crippen LogP contribution in [0, 0.1) is 0 Å². The molecule has 4 nitrogen and oxygen atoms in total. The topological polar surface area (TPSA) is 62.1 Å². The molecule has 1 atom stereocenters. The van der Waals surface area contributed by atoms with Crippen LogP contribution >= 0.6 is 0 Å². The third-order valence-electron chi connectivity index (χ3n) is 2.25. The van der Waals surface area contributed by atoms with Crippen LogP contribution in [-0.2, 0) is 0 Å². The monoisotopic (exact) mass is 216 g/mol. The van der Waals surface area contributed by atoms with E-state index in [1.807, 2.05) is 0 Å². The van der Waals surface area contributed by atoms with Gasteiger partial charge in [0.15, 0.2) is 0 Å². The molecule has 0 radical (unpaired) electrons. The summed E-state index contributed by atoms with van der Waals surface area (Å²) in [6, 6.07) is 0. The van der Waals surface area contributed by atoms with Gasteiger partial charge in [0.1, 0.15) is 0 Å². The minimum atomic E-state index is 0.145. The summed E-state index contributed by atoms with van der Waals surface area (Å²) < 4.78 is 0. The first-order valence-corrected chi connectivity index (χ1v) is 6.21. The largest absolute Gasteiger partial charge is 0.317 e. The highest BCUT2D eigenvalue weighted by atomic mass is 15.0. The van der Waals surface area contributed by atoms with E-state index in [0.717, 1.165) is 45.6 Å². The highest BCUT2D eigenvalue weighted by Gasteiger charge is 1.98. The Hall–Kier alpha value is -0.160. The molecule has 0 aliphatic heterocycles. The summed E-state index contributed by atoms with van der Waals surface area (Å²) >= 11 is 0. The molecule has 0 bridgehead atoms. The van der Waals surface area contributed by atoms with Gasteiger partial charge < -0.3 is 21.7 Å². The Morgan fingerprint density at radius 3 is 2.40 bits per heavy atom. The van der Waals surface area contributed by atoms with Crippen molar-refractivity contribution in [1.29, 1.82) is 0 Å². The molecule has 0 spiro atoms. The molecular formula is C11H28N4. The first-order chi connectivity index (χ1) is 7.31. The second-order valence-corrected chi connectivity index (χ2v) is 3.81. The summed E-state index contributed by atoms with van der Waals surface area (Å²) in [6.07, 6.45) is 3.47. The van der Waals surface area contributed by atoms with Crippen molar-refractivity contribution in [2.75, 3.05) is 32.7 Å². The first-order valence-electron chi connectivity index (χ1n) is 6.21. The van der Waals surface area contributed by atoms with Gasteiger partial charge >= 0.3 is 0 Å². The molecule has 0 aliphatic rings. The van der Waals surface area contributed by atoms with Gasteiger partial charge in [0.25, 0.3) is 0 Å². The van der Waals surface area contributed by atoms with Gasteiger partial charge in [-0.25, -0.2) is 0 Å². The number of nitrogens with two attached hydrogens (primary N) is 1. The molecule has 0 aromatic carbocycles. The fourth-order valence-electron chi connectivity index (χ4n) is 1.33. The van der Waals surface area contributed by atoms with Gasteiger partial charge in [-0.1, -0.05) is 13.8 Å². The summed E-state index contributed by atoms with van der Waals surface area (Å²) in [6.45, 7) is 9.54. The van der Waals surface area contributed by atoms with Crippen LogP contribution in [0.2, 0.25) is 0 Å². The summed E-state index contributed by atoms with van der Waals surface area (Å²) in [5.74, 6) is 0. The van der Waals surface area contributed by atoms with Crippen molar-refractivity contribution in [3.05, 3.63) is 0 Å². The van der Waals surface area contributed by atoms with Crippen molar-refractivity contribution in [1.82, 2.24) is 16.0 Å². The molecule has 0 aromatic rings. The lowest BCUT2D eigenvalue weighted by atomic mass is 10.3. The molecule has 92 valence electrons. The molecule has 0 rings (SSSR count). The molecular weight excluding hydrogens is 188 g/mol. The van der Waals surface area contributed by atoms with Crippen molar-refractivity contribution in [3.63, 3.8) is 0 Å². The predicted octanol–water partition coefficient (Wildman–Crippen LogP) is 0.250. The van der Waals surface area contributed by atoms with Crippen LogP contribution in [0.3, 0.4) is 0 Å². The molecule has 0 saturated heterocycles. The summed E-state index contributed by atoms with van der Waals surface area (Å²) in [7, 11) is 0. The number of hydrogen-bond acceptors (Lipinski definition) is 4. The second kappa shape index (κ2) is 11.9. The van der Waals surface area contributed by atoms with Gasteiger partial charge in [0.05, 0.1) is 6.17 Å². The van der Waals surface area contributed by atoms with E-state index < -0.39 is 0 Å². The molecule has 0 amide bonds. The van der Waals surface area contributed by atoms with E-state index in [1.165, 1.54) is 6.42 Å². The lowest BCUT2D eigenvalue weighted by Gasteiger charge is -2.13. The quantitative estimate of drug-likeness (QED) is 0.295. The zero-order valence-corrected chi connectivity index (χ0v) is 10.3. The molecule has 15 heavy (non-hydrogen) atoms. The van der Waals surface area contributed by atoms with E-state index >= 15 is 0 Å². The van der Waals surface area contributed by atoms with Gasteiger partial charge in [-0.2, -0.15) is 0 Å². The molecule has 4 heteroatoms. The van der Waals surface area contributed by atoms with Crippen LogP contribution < -0.4 is 21.7 Å². The van der Waals surface area contributed by atoms with Crippen molar-refractivity contribution >= 4 is 0 Å². The van der Waals surface area contributed by atoms with Crippen molar-refractivity contribution in [3.8, 4) is 0 Å². The number of hydrogen-bond donors (Lipinski definition) is 4. The zero-order valence-electron chi connectivity index (χ0n) is 10.3. The zero-order chi connectivity index (χ0) is 11.4. The molecule has 0 fully saturated rings. The Balaban J connectivity index is 3.02. The maximum atomic E-state index is 5.86. The normalized spacial score (nSPS) is 13.0. The highest BCUT2D eigenvalue weighted by Crippen LogP contribution is 1.83. The maximum absolute atomic E-state index is 5.86. The van der Waals surface area contributed by atoms with Crippen LogP contribution in [0.5, 0.6) is 0 Å². The molecule has 1 unspecified atom stereocenters. The van der Waals surface area contributed by atoms with Crippen molar-refractivity contribution in [2.24, 2.45) is 5.73 Å². The van der Waals surface area contributed by atoms with E-state index in [9.17, 15) is 0 Å². The maximum Gasteiger partial charge on any atom is 0.0558 e. The lowest BCUT2D eigenvalue weighted by molar-refractivity contribution is 0.472. The van der Waals surface area contributed by atoms with Crippen molar-refractivity contribution < 1.29 is 0 Å². The highest BCUT2D eigenvalue weighted by molar-refractivity contribution is 4.60. The van der Waals surface area contributed by atoms with Gasteiger partial charge in [-0.05, 0) is 52.0 Å². The standard InChI is InChI=1S/C11H28N4/c1-3-7-15-11(12)6-10-14-9-5-8-13-4-2/h11,13-15H,3-10,12H2,1-2H3. The Bertz CT molecular complexity index is 119. The van der Waals surface area contributed by atoms with Gasteiger partial charge in [-0.3, -0.25) is 0 Å². The third kappa shape index (κ3) is 11.8. The predicted molar refractivity (Wildman–Crippen MR) is 66.9 cm³/mol. The third-order valence-corrected chi connectivity index (χ3v) is 2.25. The first kappa shape index (κ1) is 14.8. The smallest absolute Gasteiger partial charge is 0.0558 e. The summed E-state index contributed by atoms with van der Waals surface area (Å²) in [5.41, 5.74) is 5.86. The average molecular weight is 216 g/mol. The van der Waals surface area contributed by atoms with E-state index in [0.29, 0.717) is 0 Å². The molecule has 0 aromatic heterocycles. The Morgan fingerprint density at radius 1 is 1.00 bits per heavy atom. The van der Waals surface area contributed by atoms with Gasteiger partial charge in [0.2, 0.25) is 0 Å². The molecule has 0 aliphatic carbocycles. The fourth-order valence-corrected chi connectivity index (χ4v) is 1.33. The molecule has 0 heterocycles. The van der Waals surface area contributed by atoms with Crippen LogP contribution in [-0.4, -0.2) is 38.9 Å². The summed E-state index contributed by atoms with van der Waals surface area (Å²) in [5, 5.41) is 9.96. The Labute approximate surface area is 94.4 Å². The molecule has 0 saturated carbocycles.